The van der Waals surface area contributed by atoms with Gasteiger partial charge >= 0.3 is 15.6 Å². The Morgan fingerprint density at radius 3 is 2.51 bits per heavy atom. The lowest BCUT2D eigenvalue weighted by Gasteiger charge is -2.20. The monoisotopic (exact) mass is 703 g/mol. The van der Waals surface area contributed by atoms with Gasteiger partial charge in [0.05, 0.1) is 19.3 Å². The van der Waals surface area contributed by atoms with Gasteiger partial charge in [-0.05, 0) is 16.7 Å². The fourth-order valence-electron chi connectivity index (χ4n) is 5.28. The molecule has 0 spiro atoms. The number of rotatable bonds is 12. The molecular weight excluding hydrogens is 674 g/mol. The molecule has 23 nitrogen and oxygen atoms in total. The van der Waals surface area contributed by atoms with Crippen LogP contribution in [0.5, 0.6) is 0 Å². The van der Waals surface area contributed by atoms with Crippen LogP contribution in [-0.4, -0.2) is 99.4 Å². The normalized spacial score (nSPS) is 30.1. The lowest BCUT2D eigenvalue weighted by Crippen LogP contribution is -2.45. The number of fused-ring (bicyclic) bond motifs is 1. The highest BCUT2D eigenvalue weighted by Gasteiger charge is 2.49. The first kappa shape index (κ1) is 34.7. The number of nitrogen functional groups attached to an aromatic ring is 1. The van der Waals surface area contributed by atoms with Crippen molar-refractivity contribution in [1.29, 1.82) is 0 Å². The molecule has 2 fully saturated rings. The molecule has 1 aliphatic heterocycles. The minimum atomic E-state index is -5.42. The van der Waals surface area contributed by atoms with Crippen molar-refractivity contribution in [3.05, 3.63) is 46.9 Å². The lowest BCUT2D eigenvalue weighted by molar-refractivity contribution is -0.728. The van der Waals surface area contributed by atoms with Gasteiger partial charge in [0.2, 0.25) is 5.95 Å². The predicted octanol–water partition coefficient (Wildman–Crippen LogP) is -1.41. The van der Waals surface area contributed by atoms with E-state index in [2.05, 4.69) is 29.3 Å². The maximum Gasteiger partial charge on any atom is 0.481 e. The van der Waals surface area contributed by atoms with Crippen LogP contribution in [0.15, 0.2) is 36.0 Å². The maximum absolute atomic E-state index is 12.5. The van der Waals surface area contributed by atoms with Gasteiger partial charge in [0.15, 0.2) is 41.6 Å². The number of hydrogen-bond acceptors (Lipinski definition) is 16. The van der Waals surface area contributed by atoms with E-state index in [1.54, 1.807) is 0 Å². The number of anilines is 1. The Kier molecular flexibility index (Phi) is 9.92. The standard InChI is InChI=1S/C22H28N10O13P2/c23-18-13-20(27-8-26-18)32(22(28-13)29-30-25)21-17(36)16(35)12(44-21)7-43-47(40,41)45-46(38,39)42-6-10-4-11(15(34)14(10)33)31-3-1-2-9(5-31)19(24)37/h1-3,5,8,10-12,14-17,21,33-36H,4,6-7H2,(H5-,23,24,26,27,37,38,39,40,41)/p+1/t10-,11-,12-,14-,15+,16-,17-,21-/m1/s1. The van der Waals surface area contributed by atoms with Gasteiger partial charge in [0, 0.05) is 23.3 Å². The van der Waals surface area contributed by atoms with Crippen molar-refractivity contribution >= 4 is 44.5 Å². The Hall–Kier alpha value is -3.66. The summed E-state index contributed by atoms with van der Waals surface area (Å²) in [4.78, 5) is 46.1. The Morgan fingerprint density at radius 1 is 1.13 bits per heavy atom. The zero-order valence-electron chi connectivity index (χ0n) is 23.8. The second-order valence-corrected chi connectivity index (χ2v) is 13.6. The van der Waals surface area contributed by atoms with E-state index in [0.29, 0.717) is 0 Å². The van der Waals surface area contributed by atoms with Crippen LogP contribution in [0.25, 0.3) is 21.6 Å². The number of ether oxygens (including phenoxy) is 1. The smallest absolute Gasteiger partial charge is 0.390 e. The molecule has 2 aliphatic rings. The summed E-state index contributed by atoms with van der Waals surface area (Å²) in [6.45, 7) is -1.68. The zero-order chi connectivity index (χ0) is 34.3. The molecule has 2 unspecified atom stereocenters. The van der Waals surface area contributed by atoms with Gasteiger partial charge in [0.25, 0.3) is 5.91 Å². The number of carbonyl (C=O) groups is 1. The third-order valence-corrected chi connectivity index (χ3v) is 10.1. The van der Waals surface area contributed by atoms with Crippen LogP contribution < -0.4 is 16.0 Å². The highest BCUT2D eigenvalue weighted by Crippen LogP contribution is 2.61. The van der Waals surface area contributed by atoms with Crippen LogP contribution in [0.3, 0.4) is 0 Å². The molecule has 0 radical (unpaired) electrons. The molecule has 0 aromatic carbocycles. The summed E-state index contributed by atoms with van der Waals surface area (Å²) in [6, 6.07) is 2.16. The number of phosphoric acid groups is 2. The number of pyridine rings is 1. The van der Waals surface area contributed by atoms with E-state index >= 15 is 0 Å². The zero-order valence-corrected chi connectivity index (χ0v) is 25.6. The Balaban J connectivity index is 1.20. The van der Waals surface area contributed by atoms with E-state index in [-0.39, 0.29) is 34.9 Å². The minimum absolute atomic E-state index is 0.00484. The fraction of sp³-hybridized carbons (Fsp3) is 0.500. The average molecular weight is 703 g/mol. The topological polar surface area (TPSA) is 358 Å². The number of carbonyl (C=O) groups excluding carboxylic acids is 1. The number of azide groups is 1. The number of primary amides is 1. The molecule has 10 atom stereocenters. The molecule has 5 rings (SSSR count). The highest BCUT2D eigenvalue weighted by atomic mass is 31.3. The molecule has 4 heterocycles. The average Bonchev–Trinajstić information content (AvgIpc) is 3.62. The lowest BCUT2D eigenvalue weighted by atomic mass is 10.1. The third kappa shape index (κ3) is 7.27. The summed E-state index contributed by atoms with van der Waals surface area (Å²) < 4.78 is 46.9. The number of imidazole rings is 1. The van der Waals surface area contributed by atoms with Gasteiger partial charge in [-0.15, -0.1) is 0 Å². The van der Waals surface area contributed by atoms with Gasteiger partial charge < -0.3 is 46.4 Å². The molecule has 1 saturated heterocycles. The van der Waals surface area contributed by atoms with Gasteiger partial charge in [-0.2, -0.15) is 8.88 Å². The molecule has 1 saturated carbocycles. The summed E-state index contributed by atoms with van der Waals surface area (Å²) in [5.74, 6) is -2.15. The number of nitrogens with two attached hydrogens (primary N) is 2. The quantitative estimate of drug-likeness (QED) is 0.0353. The van der Waals surface area contributed by atoms with E-state index in [1.165, 1.54) is 29.1 Å². The summed E-state index contributed by atoms with van der Waals surface area (Å²) in [5, 5.41) is 45.6. The highest BCUT2D eigenvalue weighted by molar-refractivity contribution is 7.61. The summed E-state index contributed by atoms with van der Waals surface area (Å²) in [7, 11) is -10.8. The fourth-order valence-corrected chi connectivity index (χ4v) is 7.42. The first-order chi connectivity index (χ1) is 22.1. The maximum atomic E-state index is 12.5. The van der Waals surface area contributed by atoms with Crippen LogP contribution in [0.2, 0.25) is 0 Å². The van der Waals surface area contributed by atoms with Crippen LogP contribution in [-0.2, 0) is 27.2 Å². The van der Waals surface area contributed by atoms with E-state index in [4.69, 9.17) is 30.8 Å². The third-order valence-electron chi connectivity index (χ3n) is 7.53. The summed E-state index contributed by atoms with van der Waals surface area (Å²) >= 11 is 0. The van der Waals surface area contributed by atoms with Crippen LogP contribution in [0.4, 0.5) is 11.8 Å². The largest absolute Gasteiger partial charge is 0.481 e. The number of nitrogens with zero attached hydrogens (tertiary/aromatic N) is 8. The SMILES string of the molecule is [N-]=[N+]=Nc1nc2c(N)ncnc2n1[C@@H]1O[C@H](COP(=O)(O)OP(=O)(O)OC[C@H]2C[C@@H]([n+]3cccc(C(N)=O)c3)[C@H](O)[C@@H]2O)[C@@H](O)[C@H]1O. The Labute approximate surface area is 262 Å². The Morgan fingerprint density at radius 2 is 1.83 bits per heavy atom. The van der Waals surface area contributed by atoms with Crippen molar-refractivity contribution in [1.82, 2.24) is 19.5 Å². The molecule has 3 aromatic heterocycles. The number of aromatic nitrogens is 5. The number of hydrogen-bond donors (Lipinski definition) is 8. The van der Waals surface area contributed by atoms with Crippen LogP contribution >= 0.6 is 15.6 Å². The van der Waals surface area contributed by atoms with Crippen molar-refractivity contribution in [2.75, 3.05) is 18.9 Å². The van der Waals surface area contributed by atoms with Crippen molar-refractivity contribution in [3.8, 4) is 0 Å². The van der Waals surface area contributed by atoms with Crippen molar-refractivity contribution in [2.45, 2.75) is 49.2 Å². The van der Waals surface area contributed by atoms with Gasteiger partial charge in [-0.25, -0.2) is 24.1 Å². The van der Waals surface area contributed by atoms with Crippen molar-refractivity contribution in [3.63, 3.8) is 0 Å². The van der Waals surface area contributed by atoms with Gasteiger partial charge in [-0.1, -0.05) is 0 Å². The molecule has 1 aliphatic carbocycles. The van der Waals surface area contributed by atoms with Gasteiger partial charge in [0.1, 0.15) is 36.3 Å². The number of aliphatic hydroxyl groups excluding tert-OH is 4. The van der Waals surface area contributed by atoms with Crippen molar-refractivity contribution in [2.24, 2.45) is 16.8 Å². The second-order valence-electron chi connectivity index (χ2n) is 10.5. The number of aliphatic hydroxyl groups is 4. The van der Waals surface area contributed by atoms with E-state index < -0.39 is 83.5 Å². The summed E-state index contributed by atoms with van der Waals surface area (Å²) in [6.07, 6.45) is -5.53. The minimum Gasteiger partial charge on any atom is -0.390 e. The molecule has 1 amide bonds. The van der Waals surface area contributed by atoms with E-state index in [9.17, 15) is 44.1 Å². The van der Waals surface area contributed by atoms with Gasteiger partial charge in [-0.3, -0.25) is 18.4 Å². The molecule has 3 aromatic rings. The second kappa shape index (κ2) is 13.5. The molecule has 0 bridgehead atoms. The molecule has 254 valence electrons. The first-order valence-electron chi connectivity index (χ1n) is 13.5. The number of amides is 1. The Bertz CT molecular complexity index is 1810. The van der Waals surface area contributed by atoms with Crippen molar-refractivity contribution < 1.29 is 66.8 Å². The summed E-state index contributed by atoms with van der Waals surface area (Å²) in [5.41, 5.74) is 20.1. The number of phosphoric ester groups is 2. The van der Waals surface area contributed by atoms with Crippen LogP contribution in [0, 0.1) is 5.92 Å². The molecular formula is C22H29N10O13P2+. The first-order valence-corrected chi connectivity index (χ1v) is 16.5. The molecule has 25 heteroatoms. The van der Waals surface area contributed by atoms with E-state index in [0.717, 1.165) is 10.9 Å². The molecule has 10 N–H and O–H groups in total. The molecule has 47 heavy (non-hydrogen) atoms. The van der Waals surface area contributed by atoms with E-state index in [1.807, 2.05) is 0 Å². The predicted molar refractivity (Wildman–Crippen MR) is 151 cm³/mol. The van der Waals surface area contributed by atoms with Crippen LogP contribution in [0.1, 0.15) is 29.0 Å².